The minimum atomic E-state index is -0.143. The summed E-state index contributed by atoms with van der Waals surface area (Å²) in [5, 5.41) is 5.14. The molecule has 3 aromatic rings. The molecule has 140 valence electrons. The van der Waals surface area contributed by atoms with Gasteiger partial charge < -0.3 is 0 Å². The predicted octanol–water partition coefficient (Wildman–Crippen LogP) is 5.48. The topological polar surface area (TPSA) is 47.2 Å². The van der Waals surface area contributed by atoms with Gasteiger partial charge in [-0.15, -0.1) is 0 Å². The van der Waals surface area contributed by atoms with Gasteiger partial charge in [0.15, 0.2) is 0 Å². The average molecular weight is 426 g/mol. The molecule has 0 fully saturated rings. The van der Waals surface area contributed by atoms with Crippen molar-refractivity contribution in [2.45, 2.75) is 47.0 Å². The lowest BCUT2D eigenvalue weighted by Crippen LogP contribution is -2.23. The fourth-order valence-electron chi connectivity index (χ4n) is 3.29. The fourth-order valence-corrected chi connectivity index (χ4v) is 3.65. The van der Waals surface area contributed by atoms with Crippen molar-refractivity contribution in [2.24, 2.45) is 5.10 Å². The highest BCUT2D eigenvalue weighted by Gasteiger charge is 2.15. The second-order valence-electron chi connectivity index (χ2n) is 7.11. The molecule has 5 heteroatoms. The minimum Gasteiger partial charge on any atom is -0.267 e. The monoisotopic (exact) mass is 425 g/mol. The maximum Gasteiger partial charge on any atom is 0.282 e. The Balaban J connectivity index is 2.23. The molecule has 27 heavy (non-hydrogen) atoms. The van der Waals surface area contributed by atoms with Crippen molar-refractivity contribution in [1.82, 2.24) is 9.66 Å². The highest BCUT2D eigenvalue weighted by atomic mass is 79.9. The third-order valence-electron chi connectivity index (χ3n) is 4.93. The second kappa shape index (κ2) is 7.77. The van der Waals surface area contributed by atoms with Crippen molar-refractivity contribution in [2.75, 3.05) is 0 Å². The number of aryl methyl sites for hydroxylation is 3. The Hall–Kier alpha value is -2.27. The zero-order valence-electron chi connectivity index (χ0n) is 16.4. The van der Waals surface area contributed by atoms with Crippen molar-refractivity contribution < 1.29 is 0 Å². The number of benzene rings is 2. The molecule has 0 radical (unpaired) electrons. The van der Waals surface area contributed by atoms with Crippen LogP contribution in [-0.4, -0.2) is 15.9 Å². The van der Waals surface area contributed by atoms with Crippen molar-refractivity contribution in [3.05, 3.63) is 73.2 Å². The number of nitrogens with zero attached hydrogens (tertiary/aromatic N) is 3. The molecular weight excluding hydrogens is 402 g/mol. The van der Waals surface area contributed by atoms with Crippen LogP contribution in [0.1, 0.15) is 54.3 Å². The summed E-state index contributed by atoms with van der Waals surface area (Å²) in [5.74, 6) is 0.819. The average Bonchev–Trinajstić information content (AvgIpc) is 2.62. The molecule has 0 spiro atoms. The molecule has 0 amide bonds. The van der Waals surface area contributed by atoms with Crippen molar-refractivity contribution in [1.29, 1.82) is 0 Å². The zero-order chi connectivity index (χ0) is 19.7. The first kappa shape index (κ1) is 19.5. The van der Waals surface area contributed by atoms with E-state index in [-0.39, 0.29) is 11.5 Å². The molecule has 0 saturated heterocycles. The number of fused-ring (bicyclic) bond motifs is 1. The SMILES string of the molecule is CC[C@H](C)c1nc2ccc(Br)cc2c(=O)n1N=Cc1c(C)cc(C)cc1C. The van der Waals surface area contributed by atoms with Gasteiger partial charge in [-0.25, -0.2) is 4.98 Å². The lowest BCUT2D eigenvalue weighted by atomic mass is 10.0. The molecule has 0 aliphatic carbocycles. The van der Waals surface area contributed by atoms with Crippen LogP contribution in [0, 0.1) is 20.8 Å². The van der Waals surface area contributed by atoms with Gasteiger partial charge in [0.1, 0.15) is 5.82 Å². The molecule has 0 N–H and O–H groups in total. The van der Waals surface area contributed by atoms with Crippen LogP contribution < -0.4 is 5.56 Å². The minimum absolute atomic E-state index is 0.128. The van der Waals surface area contributed by atoms with E-state index >= 15 is 0 Å². The summed E-state index contributed by atoms with van der Waals surface area (Å²) in [6, 6.07) is 9.83. The van der Waals surface area contributed by atoms with Crippen LogP contribution in [0.2, 0.25) is 0 Å². The lowest BCUT2D eigenvalue weighted by molar-refractivity contribution is 0.613. The molecule has 4 nitrogen and oxygen atoms in total. The predicted molar refractivity (Wildman–Crippen MR) is 116 cm³/mol. The lowest BCUT2D eigenvalue weighted by Gasteiger charge is -2.14. The normalized spacial score (nSPS) is 12.8. The number of halogens is 1. The van der Waals surface area contributed by atoms with Gasteiger partial charge in [0.05, 0.1) is 17.1 Å². The Morgan fingerprint density at radius 3 is 2.48 bits per heavy atom. The van der Waals surface area contributed by atoms with Gasteiger partial charge >= 0.3 is 0 Å². The van der Waals surface area contributed by atoms with Crippen LogP contribution in [0.3, 0.4) is 0 Å². The molecule has 0 unspecified atom stereocenters. The first-order chi connectivity index (χ1) is 12.8. The van der Waals surface area contributed by atoms with Crippen LogP contribution in [0.15, 0.2) is 44.7 Å². The number of hydrogen-bond donors (Lipinski definition) is 0. The van der Waals surface area contributed by atoms with E-state index < -0.39 is 0 Å². The van der Waals surface area contributed by atoms with E-state index in [4.69, 9.17) is 4.98 Å². The molecule has 1 atom stereocenters. The van der Waals surface area contributed by atoms with Gasteiger partial charge in [-0.05, 0) is 56.5 Å². The standard InChI is InChI=1S/C22H24BrN3O/c1-6-14(3)21-25-20-8-7-17(23)11-18(20)22(27)26(21)24-12-19-15(4)9-13(2)10-16(19)5/h7-12,14H,6H2,1-5H3/t14-/m0/s1. The van der Waals surface area contributed by atoms with Gasteiger partial charge in [-0.1, -0.05) is 47.5 Å². The molecule has 0 aliphatic heterocycles. The Morgan fingerprint density at radius 1 is 1.19 bits per heavy atom. The highest BCUT2D eigenvalue weighted by molar-refractivity contribution is 9.10. The number of rotatable bonds is 4. The second-order valence-corrected chi connectivity index (χ2v) is 8.03. The largest absolute Gasteiger partial charge is 0.282 e. The summed E-state index contributed by atoms with van der Waals surface area (Å²) in [4.78, 5) is 17.9. The Bertz CT molecular complexity index is 1080. The Kier molecular flexibility index (Phi) is 5.61. The van der Waals surface area contributed by atoms with Crippen LogP contribution in [0.5, 0.6) is 0 Å². The van der Waals surface area contributed by atoms with E-state index in [0.29, 0.717) is 16.7 Å². The Labute approximate surface area is 168 Å². The van der Waals surface area contributed by atoms with Crippen LogP contribution in [-0.2, 0) is 0 Å². The van der Waals surface area contributed by atoms with E-state index in [1.165, 1.54) is 10.2 Å². The van der Waals surface area contributed by atoms with Gasteiger partial charge in [-0.3, -0.25) is 4.79 Å². The summed E-state index contributed by atoms with van der Waals surface area (Å²) < 4.78 is 2.31. The smallest absolute Gasteiger partial charge is 0.267 e. The quantitative estimate of drug-likeness (QED) is 0.519. The molecular formula is C22H24BrN3O. The zero-order valence-corrected chi connectivity index (χ0v) is 18.0. The molecule has 0 aliphatic rings. The van der Waals surface area contributed by atoms with Crippen LogP contribution in [0.4, 0.5) is 0 Å². The summed E-state index contributed by atoms with van der Waals surface area (Å²) in [5.41, 5.74) is 5.11. The highest BCUT2D eigenvalue weighted by Crippen LogP contribution is 2.21. The molecule has 0 saturated carbocycles. The molecule has 1 aromatic heterocycles. The maximum absolute atomic E-state index is 13.2. The third-order valence-corrected chi connectivity index (χ3v) is 5.42. The van der Waals surface area contributed by atoms with Crippen molar-refractivity contribution in [3.63, 3.8) is 0 Å². The summed E-state index contributed by atoms with van der Waals surface area (Å²) >= 11 is 3.44. The van der Waals surface area contributed by atoms with Crippen molar-refractivity contribution in [3.8, 4) is 0 Å². The van der Waals surface area contributed by atoms with Crippen LogP contribution in [0.25, 0.3) is 10.9 Å². The third kappa shape index (κ3) is 3.88. The van der Waals surface area contributed by atoms with Gasteiger partial charge in [0.2, 0.25) is 0 Å². The Morgan fingerprint density at radius 2 is 1.85 bits per heavy atom. The number of aromatic nitrogens is 2. The van der Waals surface area contributed by atoms with Gasteiger partial charge in [0.25, 0.3) is 5.56 Å². The van der Waals surface area contributed by atoms with Gasteiger partial charge in [0, 0.05) is 16.0 Å². The van der Waals surface area contributed by atoms with E-state index in [0.717, 1.165) is 27.6 Å². The molecule has 1 heterocycles. The number of hydrogen-bond acceptors (Lipinski definition) is 3. The van der Waals surface area contributed by atoms with Crippen LogP contribution >= 0.6 is 15.9 Å². The summed E-state index contributed by atoms with van der Waals surface area (Å²) in [6.45, 7) is 10.4. The van der Waals surface area contributed by atoms with E-state index in [9.17, 15) is 4.79 Å². The fraction of sp³-hybridized carbons (Fsp3) is 0.318. The summed E-state index contributed by atoms with van der Waals surface area (Å²) in [6.07, 6.45) is 2.66. The van der Waals surface area contributed by atoms with Gasteiger partial charge in [-0.2, -0.15) is 9.78 Å². The van der Waals surface area contributed by atoms with E-state index in [1.807, 2.05) is 12.1 Å². The first-order valence-electron chi connectivity index (χ1n) is 9.16. The van der Waals surface area contributed by atoms with E-state index in [2.05, 4.69) is 67.8 Å². The first-order valence-corrected chi connectivity index (χ1v) is 9.95. The maximum atomic E-state index is 13.2. The summed E-state index contributed by atoms with van der Waals surface area (Å²) in [7, 11) is 0. The molecule has 3 rings (SSSR count). The molecule has 2 aromatic carbocycles. The molecule has 0 bridgehead atoms. The van der Waals surface area contributed by atoms with Crippen molar-refractivity contribution >= 4 is 33.0 Å². The van der Waals surface area contributed by atoms with E-state index in [1.54, 1.807) is 12.3 Å².